The smallest absolute Gasteiger partial charge is 0.256 e. The van der Waals surface area contributed by atoms with Crippen molar-refractivity contribution < 1.29 is 9.59 Å². The summed E-state index contributed by atoms with van der Waals surface area (Å²) in [4.78, 5) is 25.7. The molecule has 1 saturated heterocycles. The van der Waals surface area contributed by atoms with Crippen molar-refractivity contribution >= 4 is 23.2 Å². The molecule has 4 heteroatoms. The van der Waals surface area contributed by atoms with Gasteiger partial charge in [-0.15, -0.1) is 0 Å². The molecule has 3 rings (SSSR count). The summed E-state index contributed by atoms with van der Waals surface area (Å²) in [6.07, 6.45) is 0.183. The summed E-state index contributed by atoms with van der Waals surface area (Å²) < 4.78 is 0. The largest absolute Gasteiger partial charge is 0.373 e. The number of nitrogens with zero attached hydrogens (tertiary/aromatic N) is 1. The molecule has 100 valence electrons. The summed E-state index contributed by atoms with van der Waals surface area (Å²) in [5.41, 5.74) is 1.47. The van der Waals surface area contributed by atoms with Gasteiger partial charge in [-0.3, -0.25) is 9.59 Å². The van der Waals surface area contributed by atoms with Crippen molar-refractivity contribution in [2.45, 2.75) is 12.5 Å². The van der Waals surface area contributed by atoms with Crippen LogP contribution in [0.1, 0.15) is 6.42 Å². The molecule has 20 heavy (non-hydrogen) atoms. The van der Waals surface area contributed by atoms with Gasteiger partial charge in [0.2, 0.25) is 5.91 Å². The van der Waals surface area contributed by atoms with Gasteiger partial charge in [-0.1, -0.05) is 36.4 Å². The maximum Gasteiger partial charge on any atom is 0.256 e. The third-order valence-corrected chi connectivity index (χ3v) is 3.28. The topological polar surface area (TPSA) is 49.4 Å². The molecule has 1 N–H and O–H groups in total. The van der Waals surface area contributed by atoms with Crippen LogP contribution in [-0.2, 0) is 9.59 Å². The Morgan fingerprint density at radius 2 is 1.50 bits per heavy atom. The van der Waals surface area contributed by atoms with E-state index < -0.39 is 6.04 Å². The van der Waals surface area contributed by atoms with E-state index >= 15 is 0 Å². The summed E-state index contributed by atoms with van der Waals surface area (Å²) in [5, 5.41) is 3.11. The first kappa shape index (κ1) is 12.4. The quantitative estimate of drug-likeness (QED) is 0.868. The molecule has 1 heterocycles. The number of hydrogen-bond acceptors (Lipinski definition) is 3. The Morgan fingerprint density at radius 3 is 2.15 bits per heavy atom. The SMILES string of the molecule is O=C1C[C@@H](Nc2ccccc2)C(=O)N1c1ccccc1. The van der Waals surface area contributed by atoms with Crippen LogP contribution in [0.3, 0.4) is 0 Å². The second-order valence-electron chi connectivity index (χ2n) is 4.67. The Balaban J connectivity index is 1.81. The van der Waals surface area contributed by atoms with Crippen LogP contribution in [0, 0.1) is 0 Å². The predicted octanol–water partition coefficient (Wildman–Crippen LogP) is 2.43. The lowest BCUT2D eigenvalue weighted by Crippen LogP contribution is -2.34. The first-order chi connectivity index (χ1) is 9.75. The molecule has 0 bridgehead atoms. The van der Waals surface area contributed by atoms with Crippen LogP contribution in [0.2, 0.25) is 0 Å². The van der Waals surface area contributed by atoms with Crippen LogP contribution in [0.15, 0.2) is 60.7 Å². The highest BCUT2D eigenvalue weighted by Gasteiger charge is 2.39. The Labute approximate surface area is 117 Å². The van der Waals surface area contributed by atoms with Crippen molar-refractivity contribution in [1.82, 2.24) is 0 Å². The molecule has 0 spiro atoms. The molecule has 0 aliphatic carbocycles. The van der Waals surface area contributed by atoms with Crippen LogP contribution in [0.5, 0.6) is 0 Å². The number of hydrogen-bond donors (Lipinski definition) is 1. The Bertz CT molecular complexity index is 625. The zero-order chi connectivity index (χ0) is 13.9. The number of nitrogens with one attached hydrogen (secondary N) is 1. The van der Waals surface area contributed by atoms with Crippen molar-refractivity contribution in [3.05, 3.63) is 60.7 Å². The van der Waals surface area contributed by atoms with Crippen molar-refractivity contribution in [3.63, 3.8) is 0 Å². The highest BCUT2D eigenvalue weighted by atomic mass is 16.2. The molecule has 1 aliphatic heterocycles. The molecular weight excluding hydrogens is 252 g/mol. The molecule has 0 saturated carbocycles. The van der Waals surface area contributed by atoms with Gasteiger partial charge in [-0.25, -0.2) is 4.90 Å². The average molecular weight is 266 g/mol. The maximum absolute atomic E-state index is 12.4. The van der Waals surface area contributed by atoms with Crippen LogP contribution in [0.25, 0.3) is 0 Å². The van der Waals surface area contributed by atoms with Gasteiger partial charge in [-0.2, -0.15) is 0 Å². The predicted molar refractivity (Wildman–Crippen MR) is 77.4 cm³/mol. The lowest BCUT2D eigenvalue weighted by atomic mass is 10.2. The van der Waals surface area contributed by atoms with Gasteiger partial charge in [0.05, 0.1) is 12.1 Å². The summed E-state index contributed by atoms with van der Waals surface area (Å²) in [6, 6.07) is 18.0. The fourth-order valence-corrected chi connectivity index (χ4v) is 2.33. The van der Waals surface area contributed by atoms with E-state index in [1.807, 2.05) is 48.5 Å². The van der Waals surface area contributed by atoms with Gasteiger partial charge in [-0.05, 0) is 24.3 Å². The zero-order valence-corrected chi connectivity index (χ0v) is 10.8. The number of carbonyl (C=O) groups excluding carboxylic acids is 2. The number of anilines is 2. The fraction of sp³-hybridized carbons (Fsp3) is 0.125. The summed E-state index contributed by atoms with van der Waals surface area (Å²) in [5.74, 6) is -0.375. The Hall–Kier alpha value is -2.62. The van der Waals surface area contributed by atoms with Crippen LogP contribution < -0.4 is 10.2 Å². The van der Waals surface area contributed by atoms with E-state index in [-0.39, 0.29) is 18.2 Å². The van der Waals surface area contributed by atoms with Gasteiger partial charge in [0.1, 0.15) is 6.04 Å². The van der Waals surface area contributed by atoms with E-state index in [4.69, 9.17) is 0 Å². The first-order valence-electron chi connectivity index (χ1n) is 6.49. The standard InChI is InChI=1S/C16H14N2O2/c19-15-11-14(17-12-7-3-1-4-8-12)16(20)18(15)13-9-5-2-6-10-13/h1-10,14,17H,11H2/t14-/m1/s1. The van der Waals surface area contributed by atoms with Gasteiger partial charge < -0.3 is 5.32 Å². The fourth-order valence-electron chi connectivity index (χ4n) is 2.33. The lowest BCUT2D eigenvalue weighted by molar-refractivity contribution is -0.121. The van der Waals surface area contributed by atoms with Crippen LogP contribution >= 0.6 is 0 Å². The van der Waals surface area contributed by atoms with Gasteiger partial charge in [0.25, 0.3) is 5.91 Å². The van der Waals surface area contributed by atoms with E-state index in [0.717, 1.165) is 5.69 Å². The zero-order valence-electron chi connectivity index (χ0n) is 10.8. The molecule has 2 amide bonds. The number of imide groups is 1. The number of para-hydroxylation sites is 2. The summed E-state index contributed by atoms with van der Waals surface area (Å²) >= 11 is 0. The van der Waals surface area contributed by atoms with E-state index in [2.05, 4.69) is 5.32 Å². The maximum atomic E-state index is 12.4. The third kappa shape index (κ3) is 2.28. The van der Waals surface area contributed by atoms with E-state index in [0.29, 0.717) is 5.69 Å². The summed E-state index contributed by atoms with van der Waals surface area (Å²) in [6.45, 7) is 0. The van der Waals surface area contributed by atoms with Gasteiger partial charge in [0, 0.05) is 5.69 Å². The number of carbonyl (C=O) groups is 2. The van der Waals surface area contributed by atoms with Crippen molar-refractivity contribution in [3.8, 4) is 0 Å². The minimum Gasteiger partial charge on any atom is -0.373 e. The molecule has 1 fully saturated rings. The Morgan fingerprint density at radius 1 is 0.900 bits per heavy atom. The first-order valence-corrected chi connectivity index (χ1v) is 6.49. The summed E-state index contributed by atoms with van der Waals surface area (Å²) in [7, 11) is 0. The highest BCUT2D eigenvalue weighted by molar-refractivity contribution is 6.23. The lowest BCUT2D eigenvalue weighted by Gasteiger charge is -2.15. The molecular formula is C16H14N2O2. The average Bonchev–Trinajstić information content (AvgIpc) is 2.75. The Kier molecular flexibility index (Phi) is 3.21. The molecule has 2 aromatic rings. The number of amides is 2. The monoisotopic (exact) mass is 266 g/mol. The van der Waals surface area contributed by atoms with Crippen molar-refractivity contribution in [1.29, 1.82) is 0 Å². The van der Waals surface area contributed by atoms with E-state index in [1.54, 1.807) is 12.1 Å². The molecule has 0 radical (unpaired) electrons. The minimum absolute atomic E-state index is 0.172. The van der Waals surface area contributed by atoms with Crippen LogP contribution in [0.4, 0.5) is 11.4 Å². The molecule has 2 aromatic carbocycles. The van der Waals surface area contributed by atoms with E-state index in [1.165, 1.54) is 4.90 Å². The van der Waals surface area contributed by atoms with Gasteiger partial charge >= 0.3 is 0 Å². The number of benzene rings is 2. The van der Waals surface area contributed by atoms with Crippen LogP contribution in [-0.4, -0.2) is 17.9 Å². The van der Waals surface area contributed by atoms with Crippen molar-refractivity contribution in [2.75, 3.05) is 10.2 Å². The third-order valence-electron chi connectivity index (χ3n) is 3.28. The van der Waals surface area contributed by atoms with Gasteiger partial charge in [0.15, 0.2) is 0 Å². The molecule has 1 atom stereocenters. The second kappa shape index (κ2) is 5.17. The highest BCUT2D eigenvalue weighted by Crippen LogP contribution is 2.24. The van der Waals surface area contributed by atoms with E-state index in [9.17, 15) is 9.59 Å². The molecule has 0 unspecified atom stereocenters. The minimum atomic E-state index is -0.495. The normalized spacial score (nSPS) is 18.4. The molecule has 4 nitrogen and oxygen atoms in total. The molecule has 1 aliphatic rings. The number of rotatable bonds is 3. The second-order valence-corrected chi connectivity index (χ2v) is 4.67. The van der Waals surface area contributed by atoms with Crippen molar-refractivity contribution in [2.24, 2.45) is 0 Å². The molecule has 0 aromatic heterocycles.